The van der Waals surface area contributed by atoms with E-state index in [0.29, 0.717) is 36.7 Å². The van der Waals surface area contributed by atoms with Crippen LogP contribution in [0, 0.1) is 0 Å². The largest absolute Gasteiger partial charge is 0.438 e. The van der Waals surface area contributed by atoms with Crippen molar-refractivity contribution >= 4 is 28.0 Å². The lowest BCUT2D eigenvalue weighted by molar-refractivity contribution is -0.121. The third-order valence-corrected chi connectivity index (χ3v) is 6.52. The van der Waals surface area contributed by atoms with Gasteiger partial charge in [-0.3, -0.25) is 14.0 Å². The Kier molecular flexibility index (Phi) is 7.67. The van der Waals surface area contributed by atoms with E-state index >= 15 is 0 Å². The molecule has 33 heavy (non-hydrogen) atoms. The van der Waals surface area contributed by atoms with Gasteiger partial charge >= 0.3 is 0 Å². The lowest BCUT2D eigenvalue weighted by Crippen LogP contribution is -2.30. The van der Waals surface area contributed by atoms with Gasteiger partial charge < -0.3 is 9.73 Å². The number of fused-ring (bicyclic) bond motifs is 1. The Bertz CT molecular complexity index is 1190. The molecular formula is C25H28N4O3S. The number of hydrogen-bond acceptors (Lipinski definition) is 6. The molecule has 1 unspecified atom stereocenters. The molecule has 0 spiro atoms. The number of carbonyl (C=O) groups is 2. The van der Waals surface area contributed by atoms with Crippen LogP contribution in [0.3, 0.4) is 0 Å². The van der Waals surface area contributed by atoms with Gasteiger partial charge in [-0.05, 0) is 12.8 Å². The van der Waals surface area contributed by atoms with E-state index in [0.717, 1.165) is 35.5 Å². The van der Waals surface area contributed by atoms with Crippen LogP contribution in [0.4, 0.5) is 0 Å². The van der Waals surface area contributed by atoms with Gasteiger partial charge in [-0.25, -0.2) is 9.97 Å². The van der Waals surface area contributed by atoms with E-state index in [1.807, 2.05) is 53.2 Å². The number of ketones is 1. The fraction of sp³-hybridized carbons (Fsp3) is 0.360. The second-order valence-corrected chi connectivity index (χ2v) is 8.86. The van der Waals surface area contributed by atoms with Gasteiger partial charge in [-0.15, -0.1) is 11.3 Å². The number of rotatable bonds is 12. The molecule has 4 rings (SSSR count). The summed E-state index contributed by atoms with van der Waals surface area (Å²) in [5.41, 5.74) is 1.85. The van der Waals surface area contributed by atoms with Crippen LogP contribution in [0.5, 0.6) is 0 Å². The first-order chi connectivity index (χ1) is 16.1. The van der Waals surface area contributed by atoms with Crippen molar-refractivity contribution in [2.45, 2.75) is 57.9 Å². The molecule has 0 aliphatic rings. The monoisotopic (exact) mass is 464 g/mol. The Hall–Kier alpha value is -3.26. The number of nitrogens with zero attached hydrogens (tertiary/aromatic N) is 3. The van der Waals surface area contributed by atoms with Crippen LogP contribution in [0.15, 0.2) is 58.7 Å². The van der Waals surface area contributed by atoms with Gasteiger partial charge in [-0.1, -0.05) is 50.1 Å². The summed E-state index contributed by atoms with van der Waals surface area (Å²) in [5.74, 6) is 1.39. The van der Waals surface area contributed by atoms with E-state index in [9.17, 15) is 9.59 Å². The Morgan fingerprint density at radius 2 is 2.00 bits per heavy atom. The first-order valence-electron chi connectivity index (χ1n) is 11.4. The van der Waals surface area contributed by atoms with E-state index < -0.39 is 0 Å². The quantitative estimate of drug-likeness (QED) is 0.284. The highest BCUT2D eigenvalue weighted by Gasteiger charge is 2.21. The van der Waals surface area contributed by atoms with Gasteiger partial charge in [0.15, 0.2) is 10.7 Å². The van der Waals surface area contributed by atoms with Crippen molar-refractivity contribution in [3.63, 3.8) is 0 Å². The number of hydrogen-bond donors (Lipinski definition) is 1. The fourth-order valence-electron chi connectivity index (χ4n) is 3.78. The van der Waals surface area contributed by atoms with Crippen LogP contribution in [-0.2, 0) is 16.0 Å². The number of amides is 1. The second kappa shape index (κ2) is 11.0. The van der Waals surface area contributed by atoms with Gasteiger partial charge in [0, 0.05) is 41.9 Å². The predicted molar refractivity (Wildman–Crippen MR) is 128 cm³/mol. The van der Waals surface area contributed by atoms with Crippen molar-refractivity contribution < 1.29 is 14.0 Å². The number of imidazole rings is 1. The molecule has 7 nitrogen and oxygen atoms in total. The number of nitrogens with one attached hydrogen (secondary N) is 1. The molecule has 172 valence electrons. The van der Waals surface area contributed by atoms with E-state index in [1.165, 1.54) is 11.3 Å². The van der Waals surface area contributed by atoms with E-state index in [-0.39, 0.29) is 18.4 Å². The summed E-state index contributed by atoms with van der Waals surface area (Å²) in [7, 11) is 0. The van der Waals surface area contributed by atoms with Crippen molar-refractivity contribution in [3.05, 3.63) is 65.9 Å². The van der Waals surface area contributed by atoms with Gasteiger partial charge in [0.05, 0.1) is 12.6 Å². The van der Waals surface area contributed by atoms with Gasteiger partial charge in [0.25, 0.3) is 0 Å². The molecule has 1 atom stereocenters. The first kappa shape index (κ1) is 22.9. The minimum atomic E-state index is -0.325. The smallest absolute Gasteiger partial charge is 0.226 e. The topological polar surface area (TPSA) is 89.5 Å². The standard InChI is InChI=1S/C25H28N4O3S/c1-2-20(30)11-7-4-8-12-21(24-27-16-22(32-24)18-9-5-3-6-10-18)28-23(31)15-19-17-33-25-26-13-14-29(19)25/h3,5-6,9-10,13-14,16-17,21H,2,4,7-8,11-12,15H2,1H3,(H,28,31). The molecule has 0 saturated carbocycles. The number of oxazole rings is 1. The minimum absolute atomic E-state index is 0.0889. The van der Waals surface area contributed by atoms with Crippen LogP contribution in [0.25, 0.3) is 16.3 Å². The summed E-state index contributed by atoms with van der Waals surface area (Å²) in [6.45, 7) is 1.89. The van der Waals surface area contributed by atoms with Crippen LogP contribution < -0.4 is 5.32 Å². The zero-order valence-electron chi connectivity index (χ0n) is 18.7. The Morgan fingerprint density at radius 1 is 1.15 bits per heavy atom. The molecule has 1 aromatic carbocycles. The highest BCUT2D eigenvalue weighted by molar-refractivity contribution is 7.15. The summed E-state index contributed by atoms with van der Waals surface area (Å²) in [5, 5.41) is 5.07. The fourth-order valence-corrected chi connectivity index (χ4v) is 4.63. The molecule has 0 aliphatic carbocycles. The summed E-state index contributed by atoms with van der Waals surface area (Å²) in [4.78, 5) is 34.1. The molecule has 0 bridgehead atoms. The number of benzene rings is 1. The molecule has 0 radical (unpaired) electrons. The predicted octanol–water partition coefficient (Wildman–Crippen LogP) is 5.38. The number of aromatic nitrogens is 3. The molecule has 1 N–H and O–H groups in total. The number of carbonyl (C=O) groups excluding carboxylic acids is 2. The molecule has 8 heteroatoms. The SMILES string of the molecule is CCC(=O)CCCCCC(NC(=O)Cc1csc2nccn12)c1ncc(-c2ccccc2)o1. The summed E-state index contributed by atoms with van der Waals surface area (Å²) < 4.78 is 7.98. The van der Waals surface area contributed by atoms with Crippen LogP contribution >= 0.6 is 11.3 Å². The van der Waals surface area contributed by atoms with E-state index in [2.05, 4.69) is 15.3 Å². The van der Waals surface area contributed by atoms with Crippen molar-refractivity contribution in [3.8, 4) is 11.3 Å². The highest BCUT2D eigenvalue weighted by Crippen LogP contribution is 2.26. The summed E-state index contributed by atoms with van der Waals surface area (Å²) >= 11 is 1.52. The van der Waals surface area contributed by atoms with Crippen molar-refractivity contribution in [2.24, 2.45) is 0 Å². The maximum Gasteiger partial charge on any atom is 0.226 e. The van der Waals surface area contributed by atoms with Crippen LogP contribution in [0.1, 0.15) is 63.1 Å². The molecule has 3 aromatic heterocycles. The normalized spacial score (nSPS) is 12.2. The second-order valence-electron chi connectivity index (χ2n) is 8.02. The third-order valence-electron chi connectivity index (χ3n) is 5.62. The van der Waals surface area contributed by atoms with Crippen molar-refractivity contribution in [2.75, 3.05) is 0 Å². The Morgan fingerprint density at radius 3 is 2.82 bits per heavy atom. The molecule has 0 fully saturated rings. The van der Waals surface area contributed by atoms with Gasteiger partial charge in [0.2, 0.25) is 11.8 Å². The Labute approximate surface area is 196 Å². The van der Waals surface area contributed by atoms with Gasteiger partial charge in [0.1, 0.15) is 11.8 Å². The summed E-state index contributed by atoms with van der Waals surface area (Å²) in [6, 6.07) is 9.46. The average molecular weight is 465 g/mol. The molecule has 0 aliphatic heterocycles. The molecular weight excluding hydrogens is 436 g/mol. The van der Waals surface area contributed by atoms with Crippen LogP contribution in [0.2, 0.25) is 0 Å². The third kappa shape index (κ3) is 5.96. The number of unbranched alkanes of at least 4 members (excludes halogenated alkanes) is 2. The molecule has 4 aromatic rings. The van der Waals surface area contributed by atoms with Crippen molar-refractivity contribution in [1.29, 1.82) is 0 Å². The maximum atomic E-state index is 12.9. The zero-order valence-corrected chi connectivity index (χ0v) is 19.5. The number of thiazole rings is 1. The van der Waals surface area contributed by atoms with Gasteiger partial charge in [-0.2, -0.15) is 0 Å². The summed E-state index contributed by atoms with van der Waals surface area (Å²) in [6.07, 6.45) is 10.1. The van der Waals surface area contributed by atoms with Crippen LogP contribution in [-0.4, -0.2) is 26.1 Å². The molecule has 0 saturated heterocycles. The maximum absolute atomic E-state index is 12.9. The van der Waals surface area contributed by atoms with Crippen molar-refractivity contribution in [1.82, 2.24) is 19.7 Å². The van der Waals surface area contributed by atoms with E-state index in [4.69, 9.17) is 4.42 Å². The lowest BCUT2D eigenvalue weighted by atomic mass is 10.0. The minimum Gasteiger partial charge on any atom is -0.438 e. The molecule has 1 amide bonds. The highest BCUT2D eigenvalue weighted by atomic mass is 32.1. The molecule has 3 heterocycles. The average Bonchev–Trinajstić information content (AvgIpc) is 3.57. The Balaban J connectivity index is 1.42. The lowest BCUT2D eigenvalue weighted by Gasteiger charge is -2.16. The number of Topliss-reactive ketones (excluding diaryl/α,β-unsaturated/α-hetero) is 1. The first-order valence-corrected chi connectivity index (χ1v) is 12.2. The zero-order chi connectivity index (χ0) is 23.0. The van der Waals surface area contributed by atoms with E-state index in [1.54, 1.807) is 12.4 Å².